The van der Waals surface area contributed by atoms with Gasteiger partial charge in [0.05, 0.1) is 18.2 Å². The van der Waals surface area contributed by atoms with Gasteiger partial charge < -0.3 is 28.6 Å². The van der Waals surface area contributed by atoms with Gasteiger partial charge in [0, 0.05) is 37.0 Å². The summed E-state index contributed by atoms with van der Waals surface area (Å²) in [7, 11) is 1.26. The number of benzene rings is 2. The van der Waals surface area contributed by atoms with Crippen molar-refractivity contribution >= 4 is 29.1 Å². The highest BCUT2D eigenvalue weighted by Crippen LogP contribution is 2.44. The first-order chi connectivity index (χ1) is 21.3. The molecule has 10 nitrogen and oxygen atoms in total. The molecule has 1 aliphatic rings. The van der Waals surface area contributed by atoms with Crippen LogP contribution in [0.3, 0.4) is 0 Å². The number of alkyl halides is 3. The van der Waals surface area contributed by atoms with Gasteiger partial charge in [-0.15, -0.1) is 13.2 Å². The molecule has 4 rings (SSSR count). The molecule has 2 heterocycles. The van der Waals surface area contributed by atoms with Gasteiger partial charge in [0.15, 0.2) is 11.5 Å². The minimum atomic E-state index is -5.03. The number of halogens is 3. The molecular weight excluding hydrogens is 609 g/mol. The minimum Gasteiger partial charge on any atom is -0.485 e. The lowest BCUT2D eigenvalue weighted by molar-refractivity contribution is -0.275. The van der Waals surface area contributed by atoms with E-state index < -0.39 is 53.5 Å². The second kappa shape index (κ2) is 12.8. The fourth-order valence-electron chi connectivity index (χ4n) is 5.29. The zero-order valence-electron chi connectivity index (χ0n) is 27.1. The van der Waals surface area contributed by atoms with Gasteiger partial charge in [-0.2, -0.15) is 0 Å². The molecule has 0 bridgehead atoms. The number of methoxy groups -OCH3 is 1. The highest BCUT2D eigenvalue weighted by Gasteiger charge is 2.39. The molecule has 13 heteroatoms. The third-order valence-electron chi connectivity index (χ3n) is 7.12. The summed E-state index contributed by atoms with van der Waals surface area (Å²) >= 11 is 0. The van der Waals surface area contributed by atoms with Gasteiger partial charge in [-0.25, -0.2) is 14.4 Å². The summed E-state index contributed by atoms with van der Waals surface area (Å²) < 4.78 is 68.9. The van der Waals surface area contributed by atoms with Crippen molar-refractivity contribution in [3.63, 3.8) is 0 Å². The standard InChI is InChI=1S/C33H39F3N2O8/c1-19-17-25(44-33(34,35)36)27(22-13-16-38(26(19)22)30(41)46-32(5,6)7)43-24-14-15-37(29(40)45-31(2,3)4)18-23(24)20-9-11-21(12-10-20)28(39)42-8/h9-13,16-17,23-24H,14-15,18H2,1-8H3/t23-,24+/m0/s1. The Labute approximate surface area is 265 Å². The number of rotatable bonds is 5. The number of piperidine rings is 1. The summed E-state index contributed by atoms with van der Waals surface area (Å²) in [4.78, 5) is 39.6. The van der Waals surface area contributed by atoms with Crippen molar-refractivity contribution in [1.29, 1.82) is 0 Å². The van der Waals surface area contributed by atoms with Gasteiger partial charge in [-0.3, -0.25) is 4.57 Å². The SMILES string of the molecule is COC(=O)c1ccc([C@@H]2CN(C(=O)OC(C)(C)C)CC[C@H]2Oc2c(OC(F)(F)F)cc(C)c3c2ccn3C(=O)OC(C)(C)C)cc1. The number of hydrogen-bond acceptors (Lipinski definition) is 8. The molecule has 1 aliphatic heterocycles. The number of carbonyl (C=O) groups is 3. The average molecular weight is 649 g/mol. The van der Waals surface area contributed by atoms with Gasteiger partial charge in [0.1, 0.15) is 17.3 Å². The molecular formula is C33H39F3N2O8. The van der Waals surface area contributed by atoms with E-state index in [1.165, 1.54) is 34.9 Å². The summed E-state index contributed by atoms with van der Waals surface area (Å²) in [5, 5.41) is 0.208. The maximum absolute atomic E-state index is 13.6. The second-order valence-corrected chi connectivity index (χ2v) is 13.1. The predicted molar refractivity (Wildman–Crippen MR) is 162 cm³/mol. The Morgan fingerprint density at radius 1 is 0.891 bits per heavy atom. The number of fused-ring (bicyclic) bond motifs is 1. The van der Waals surface area contributed by atoms with Gasteiger partial charge in [0.2, 0.25) is 0 Å². The monoisotopic (exact) mass is 648 g/mol. The van der Waals surface area contributed by atoms with Gasteiger partial charge >= 0.3 is 24.5 Å². The van der Waals surface area contributed by atoms with Crippen molar-refractivity contribution in [3.8, 4) is 11.5 Å². The van der Waals surface area contributed by atoms with E-state index in [1.54, 1.807) is 72.7 Å². The number of esters is 1. The molecule has 46 heavy (non-hydrogen) atoms. The van der Waals surface area contributed by atoms with Crippen LogP contribution in [0.1, 0.15) is 75.4 Å². The largest absolute Gasteiger partial charge is 0.573 e. The van der Waals surface area contributed by atoms with Crippen molar-refractivity contribution in [3.05, 3.63) is 59.3 Å². The number of amides is 1. The number of carbonyl (C=O) groups excluding carboxylic acids is 3. The van der Waals surface area contributed by atoms with Crippen LogP contribution < -0.4 is 9.47 Å². The zero-order chi connectivity index (χ0) is 34.2. The second-order valence-electron chi connectivity index (χ2n) is 13.1. The summed E-state index contributed by atoms with van der Waals surface area (Å²) in [6.07, 6.45) is -5.42. The molecule has 0 radical (unpaired) electrons. The van der Waals surface area contributed by atoms with Crippen LogP contribution >= 0.6 is 0 Å². The summed E-state index contributed by atoms with van der Waals surface area (Å²) in [5.74, 6) is -1.89. The van der Waals surface area contributed by atoms with Crippen molar-refractivity contribution in [2.24, 2.45) is 0 Å². The lowest BCUT2D eigenvalue weighted by Gasteiger charge is -2.39. The van der Waals surface area contributed by atoms with Gasteiger partial charge in [-0.1, -0.05) is 12.1 Å². The molecule has 0 aliphatic carbocycles. The van der Waals surface area contributed by atoms with Crippen molar-refractivity contribution in [1.82, 2.24) is 9.47 Å². The molecule has 0 unspecified atom stereocenters. The van der Waals surface area contributed by atoms with Gasteiger partial charge in [0.25, 0.3) is 0 Å². The molecule has 3 aromatic rings. The maximum atomic E-state index is 13.6. The van der Waals surface area contributed by atoms with Crippen LogP contribution in [0, 0.1) is 6.92 Å². The van der Waals surface area contributed by atoms with E-state index in [-0.39, 0.29) is 30.6 Å². The predicted octanol–water partition coefficient (Wildman–Crippen LogP) is 7.59. The van der Waals surface area contributed by atoms with E-state index in [2.05, 4.69) is 4.74 Å². The quantitative estimate of drug-likeness (QED) is 0.206. The Bertz CT molecular complexity index is 1600. The molecule has 1 amide bonds. The Hall–Kier alpha value is -4.42. The minimum absolute atomic E-state index is 0.112. The number of nitrogens with zero attached hydrogens (tertiary/aromatic N) is 2. The Morgan fingerprint density at radius 3 is 2.07 bits per heavy atom. The number of hydrogen-bond donors (Lipinski definition) is 0. The van der Waals surface area contributed by atoms with Crippen molar-refractivity contribution in [2.45, 2.75) is 84.5 Å². The van der Waals surface area contributed by atoms with Crippen molar-refractivity contribution in [2.75, 3.05) is 20.2 Å². The first kappa shape index (κ1) is 34.5. The molecule has 1 aromatic heterocycles. The fraction of sp³-hybridized carbons (Fsp3) is 0.485. The molecule has 250 valence electrons. The van der Waals surface area contributed by atoms with E-state index in [9.17, 15) is 27.6 Å². The van der Waals surface area contributed by atoms with Crippen LogP contribution in [0.15, 0.2) is 42.6 Å². The Morgan fingerprint density at radius 2 is 1.50 bits per heavy atom. The molecule has 0 N–H and O–H groups in total. The van der Waals surface area contributed by atoms with Crippen molar-refractivity contribution < 1.29 is 51.2 Å². The summed E-state index contributed by atoms with van der Waals surface area (Å²) in [6, 6.07) is 9.13. The molecule has 1 fully saturated rings. The van der Waals surface area contributed by atoms with Crippen LogP contribution in [-0.2, 0) is 14.2 Å². The molecule has 0 saturated carbocycles. The van der Waals surface area contributed by atoms with Crippen LogP contribution in [0.4, 0.5) is 22.8 Å². The summed E-state index contributed by atoms with van der Waals surface area (Å²) in [6.45, 7) is 12.2. The summed E-state index contributed by atoms with van der Waals surface area (Å²) in [5.41, 5.74) is 0.0165. The van der Waals surface area contributed by atoms with Crippen LogP contribution in [-0.4, -0.2) is 71.5 Å². The molecule has 0 spiro atoms. The number of aryl methyl sites for hydroxylation is 1. The van der Waals surface area contributed by atoms with Gasteiger partial charge in [-0.05, 0) is 83.9 Å². The molecule has 1 saturated heterocycles. The highest BCUT2D eigenvalue weighted by atomic mass is 19.4. The van der Waals surface area contributed by atoms with E-state index in [0.717, 1.165) is 0 Å². The molecule has 2 aromatic carbocycles. The zero-order valence-corrected chi connectivity index (χ0v) is 27.1. The smallest absolute Gasteiger partial charge is 0.485 e. The van der Waals surface area contributed by atoms with E-state index in [0.29, 0.717) is 22.2 Å². The fourth-order valence-corrected chi connectivity index (χ4v) is 5.29. The lowest BCUT2D eigenvalue weighted by atomic mass is 9.87. The van der Waals surface area contributed by atoms with Crippen LogP contribution in [0.2, 0.25) is 0 Å². The Kier molecular flexibility index (Phi) is 9.56. The first-order valence-corrected chi connectivity index (χ1v) is 14.7. The van der Waals surface area contributed by atoms with E-state index >= 15 is 0 Å². The topological polar surface area (TPSA) is 106 Å². The first-order valence-electron chi connectivity index (χ1n) is 14.7. The Balaban J connectivity index is 1.79. The van der Waals surface area contributed by atoms with Crippen LogP contribution in [0.5, 0.6) is 11.5 Å². The lowest BCUT2D eigenvalue weighted by Crippen LogP contribution is -2.48. The number of aromatic nitrogens is 1. The van der Waals surface area contributed by atoms with E-state index in [4.69, 9.17) is 18.9 Å². The average Bonchev–Trinajstić information content (AvgIpc) is 3.38. The molecule has 2 atom stereocenters. The van der Waals surface area contributed by atoms with E-state index in [1.807, 2.05) is 0 Å². The maximum Gasteiger partial charge on any atom is 0.573 e. The number of likely N-dealkylation sites (tertiary alicyclic amines) is 1. The number of ether oxygens (including phenoxy) is 5. The highest BCUT2D eigenvalue weighted by molar-refractivity contribution is 5.97. The third kappa shape index (κ3) is 8.24. The normalized spacial score (nSPS) is 17.4. The third-order valence-corrected chi connectivity index (χ3v) is 7.12. The van der Waals surface area contributed by atoms with Crippen LogP contribution in [0.25, 0.3) is 10.9 Å².